The number of nitrogens with two attached hydrogens (primary N) is 1. The third-order valence-corrected chi connectivity index (χ3v) is 3.74. The Kier molecular flexibility index (Phi) is 9.59. The minimum Gasteiger partial charge on any atom is -0.409 e. The second-order valence-electron chi connectivity index (χ2n) is 6.29. The van der Waals surface area contributed by atoms with Gasteiger partial charge < -0.3 is 21.0 Å². The maximum atomic E-state index is 8.73. The molecule has 5 heteroatoms. The van der Waals surface area contributed by atoms with Crippen LogP contribution in [-0.2, 0) is 4.74 Å². The number of hydrogen-bond donors (Lipinski definition) is 3. The van der Waals surface area contributed by atoms with Crippen LogP contribution in [0.5, 0.6) is 0 Å². The van der Waals surface area contributed by atoms with Gasteiger partial charge in [0.05, 0.1) is 6.61 Å². The number of oxime groups is 1. The van der Waals surface area contributed by atoms with Crippen molar-refractivity contribution in [3.8, 4) is 0 Å². The van der Waals surface area contributed by atoms with Crippen molar-refractivity contribution >= 4 is 5.84 Å². The zero-order chi connectivity index (χ0) is 15.6. The first-order valence-corrected chi connectivity index (χ1v) is 7.64. The van der Waals surface area contributed by atoms with E-state index in [0.717, 1.165) is 39.0 Å². The van der Waals surface area contributed by atoms with E-state index in [4.69, 9.17) is 15.7 Å². The fourth-order valence-electron chi connectivity index (χ4n) is 1.97. The highest BCUT2D eigenvalue weighted by molar-refractivity contribution is 5.85. The summed E-state index contributed by atoms with van der Waals surface area (Å²) in [6.45, 7) is 12.9. The van der Waals surface area contributed by atoms with Crippen LogP contribution >= 0.6 is 0 Å². The Morgan fingerprint density at radius 2 is 2.00 bits per heavy atom. The molecule has 0 aliphatic rings. The number of nitrogens with one attached hydrogen (secondary N) is 1. The normalized spacial score (nSPS) is 14.8. The molecular formula is C15H33N3O2. The summed E-state index contributed by atoms with van der Waals surface area (Å²) in [4.78, 5) is 0. The minimum absolute atomic E-state index is 0.239. The van der Waals surface area contributed by atoms with E-state index in [2.05, 4.69) is 24.3 Å². The van der Waals surface area contributed by atoms with E-state index in [1.54, 1.807) is 0 Å². The Bertz CT molecular complexity index is 278. The van der Waals surface area contributed by atoms with Crippen LogP contribution in [0, 0.1) is 11.3 Å². The molecule has 0 spiro atoms. The van der Waals surface area contributed by atoms with Gasteiger partial charge in [0.15, 0.2) is 0 Å². The zero-order valence-electron chi connectivity index (χ0n) is 13.8. The fourth-order valence-corrected chi connectivity index (χ4v) is 1.97. The van der Waals surface area contributed by atoms with Crippen molar-refractivity contribution in [1.29, 1.82) is 0 Å². The lowest BCUT2D eigenvalue weighted by molar-refractivity contribution is 0.108. The fraction of sp³-hybridized carbons (Fsp3) is 0.933. The number of ether oxygens (including phenoxy) is 1. The molecule has 1 atom stereocenters. The summed E-state index contributed by atoms with van der Waals surface area (Å²) in [7, 11) is 0. The van der Waals surface area contributed by atoms with Crippen molar-refractivity contribution in [2.45, 2.75) is 59.9 Å². The Labute approximate surface area is 123 Å². The van der Waals surface area contributed by atoms with Crippen LogP contribution in [0.2, 0.25) is 0 Å². The summed E-state index contributed by atoms with van der Waals surface area (Å²) in [6.07, 6.45) is 3.05. The van der Waals surface area contributed by atoms with Crippen LogP contribution in [0.25, 0.3) is 0 Å². The molecule has 0 aromatic carbocycles. The number of hydrogen-bond acceptors (Lipinski definition) is 4. The Morgan fingerprint density at radius 1 is 1.35 bits per heavy atom. The van der Waals surface area contributed by atoms with Crippen LogP contribution < -0.4 is 11.1 Å². The van der Waals surface area contributed by atoms with Crippen molar-refractivity contribution in [1.82, 2.24) is 5.32 Å². The maximum Gasteiger partial charge on any atom is 0.144 e. The lowest BCUT2D eigenvalue weighted by atomic mass is 9.86. The highest BCUT2D eigenvalue weighted by Gasteiger charge is 2.22. The van der Waals surface area contributed by atoms with Gasteiger partial charge in [0.1, 0.15) is 5.84 Å². The third kappa shape index (κ3) is 7.70. The smallest absolute Gasteiger partial charge is 0.144 e. The van der Waals surface area contributed by atoms with Crippen LogP contribution in [0.4, 0.5) is 0 Å². The van der Waals surface area contributed by atoms with Crippen molar-refractivity contribution in [3.05, 3.63) is 0 Å². The number of nitrogens with zero attached hydrogens (tertiary/aromatic N) is 1. The van der Waals surface area contributed by atoms with Crippen molar-refractivity contribution in [3.63, 3.8) is 0 Å². The van der Waals surface area contributed by atoms with E-state index in [-0.39, 0.29) is 5.41 Å². The van der Waals surface area contributed by atoms with Gasteiger partial charge in [0.25, 0.3) is 0 Å². The van der Waals surface area contributed by atoms with Gasteiger partial charge in [-0.3, -0.25) is 0 Å². The molecule has 0 saturated heterocycles. The summed E-state index contributed by atoms with van der Waals surface area (Å²) in [5.41, 5.74) is 5.44. The molecule has 20 heavy (non-hydrogen) atoms. The molecule has 0 saturated carbocycles. The predicted molar refractivity (Wildman–Crippen MR) is 84.2 cm³/mol. The topological polar surface area (TPSA) is 79.9 Å². The number of amidine groups is 1. The molecule has 0 aliphatic carbocycles. The zero-order valence-corrected chi connectivity index (χ0v) is 13.8. The van der Waals surface area contributed by atoms with Crippen LogP contribution in [0.3, 0.4) is 0 Å². The van der Waals surface area contributed by atoms with Gasteiger partial charge in [-0.1, -0.05) is 39.3 Å². The molecule has 5 nitrogen and oxygen atoms in total. The molecule has 0 rings (SSSR count). The molecule has 0 amide bonds. The van der Waals surface area contributed by atoms with E-state index in [1.807, 2.05) is 20.8 Å². The Balaban J connectivity index is 3.89. The first-order valence-electron chi connectivity index (χ1n) is 7.64. The first-order chi connectivity index (χ1) is 9.35. The summed E-state index contributed by atoms with van der Waals surface area (Å²) in [5.74, 6) is 0.872. The van der Waals surface area contributed by atoms with Gasteiger partial charge in [-0.05, 0) is 32.2 Å². The van der Waals surface area contributed by atoms with Crippen LogP contribution in [-0.4, -0.2) is 36.8 Å². The summed E-state index contributed by atoms with van der Waals surface area (Å²) in [5, 5.41) is 15.4. The molecule has 0 bridgehead atoms. The van der Waals surface area contributed by atoms with E-state index >= 15 is 0 Å². The summed E-state index contributed by atoms with van der Waals surface area (Å²) < 4.78 is 5.49. The van der Waals surface area contributed by atoms with Gasteiger partial charge >= 0.3 is 0 Å². The molecule has 120 valence electrons. The van der Waals surface area contributed by atoms with E-state index in [9.17, 15) is 0 Å². The van der Waals surface area contributed by atoms with Crippen LogP contribution in [0.1, 0.15) is 53.9 Å². The molecule has 0 heterocycles. The second-order valence-corrected chi connectivity index (χ2v) is 6.29. The highest BCUT2D eigenvalue weighted by Crippen LogP contribution is 2.23. The Morgan fingerprint density at radius 3 is 2.50 bits per heavy atom. The van der Waals surface area contributed by atoms with Gasteiger partial charge in [0.2, 0.25) is 0 Å². The SMILES string of the molecule is CCOCC(NCCCCC(C)(C)C(N)=NO)C(C)C. The Hall–Kier alpha value is -0.810. The number of unbranched alkanes of at least 4 members (excludes halogenated alkanes) is 1. The van der Waals surface area contributed by atoms with Crippen LogP contribution in [0.15, 0.2) is 5.16 Å². The summed E-state index contributed by atoms with van der Waals surface area (Å²) in [6, 6.07) is 0.409. The van der Waals surface area contributed by atoms with Gasteiger partial charge in [-0.15, -0.1) is 0 Å². The highest BCUT2D eigenvalue weighted by atomic mass is 16.5. The molecule has 0 aliphatic heterocycles. The predicted octanol–water partition coefficient (Wildman–Crippen LogP) is 2.58. The largest absolute Gasteiger partial charge is 0.409 e. The molecule has 0 aromatic heterocycles. The van der Waals surface area contributed by atoms with E-state index < -0.39 is 0 Å². The van der Waals surface area contributed by atoms with Crippen molar-refractivity contribution in [2.24, 2.45) is 22.2 Å². The van der Waals surface area contributed by atoms with Gasteiger partial charge in [0, 0.05) is 18.1 Å². The van der Waals surface area contributed by atoms with Gasteiger partial charge in [-0.2, -0.15) is 0 Å². The number of rotatable bonds is 11. The maximum absolute atomic E-state index is 8.73. The molecule has 4 N–H and O–H groups in total. The third-order valence-electron chi connectivity index (χ3n) is 3.74. The minimum atomic E-state index is -0.239. The second kappa shape index (κ2) is 10.00. The molecule has 0 radical (unpaired) electrons. The average molecular weight is 287 g/mol. The average Bonchev–Trinajstić information content (AvgIpc) is 2.40. The van der Waals surface area contributed by atoms with Gasteiger partial charge in [-0.25, -0.2) is 0 Å². The van der Waals surface area contributed by atoms with E-state index in [1.165, 1.54) is 0 Å². The van der Waals surface area contributed by atoms with Crippen molar-refractivity contribution < 1.29 is 9.94 Å². The lowest BCUT2D eigenvalue weighted by Gasteiger charge is -2.24. The standard InChI is InChI=1S/C15H33N3O2/c1-6-20-11-13(12(2)3)17-10-8-7-9-15(4,5)14(16)18-19/h12-13,17,19H,6-11H2,1-5H3,(H2,16,18). The summed E-state index contributed by atoms with van der Waals surface area (Å²) >= 11 is 0. The van der Waals surface area contributed by atoms with Crippen molar-refractivity contribution in [2.75, 3.05) is 19.8 Å². The molecule has 1 unspecified atom stereocenters. The monoisotopic (exact) mass is 287 g/mol. The lowest BCUT2D eigenvalue weighted by Crippen LogP contribution is -2.38. The quantitative estimate of drug-likeness (QED) is 0.179. The molecular weight excluding hydrogens is 254 g/mol. The molecule has 0 aromatic rings. The first kappa shape index (κ1) is 19.2. The molecule has 0 fully saturated rings. The van der Waals surface area contributed by atoms with E-state index in [0.29, 0.717) is 17.8 Å².